The van der Waals surface area contributed by atoms with E-state index in [2.05, 4.69) is 28.7 Å². The van der Waals surface area contributed by atoms with Gasteiger partial charge in [-0.15, -0.1) is 0 Å². The maximum absolute atomic E-state index is 12.4. The van der Waals surface area contributed by atoms with Crippen molar-refractivity contribution in [3.05, 3.63) is 36.9 Å². The highest BCUT2D eigenvalue weighted by Crippen LogP contribution is 2.30. The molecule has 0 spiro atoms. The minimum Gasteiger partial charge on any atom is -0.374 e. The molecule has 2 rings (SSSR count). The lowest BCUT2D eigenvalue weighted by Crippen LogP contribution is -2.11. The van der Waals surface area contributed by atoms with Crippen molar-refractivity contribution in [2.45, 2.75) is 10.7 Å². The molecule has 1 aromatic carbocycles. The predicted octanol–water partition coefficient (Wildman–Crippen LogP) is 3.84. The van der Waals surface area contributed by atoms with Gasteiger partial charge in [-0.05, 0) is 18.9 Å². The summed E-state index contributed by atoms with van der Waals surface area (Å²) in [6.45, 7) is 7.30. The van der Waals surface area contributed by atoms with Crippen molar-refractivity contribution in [2.75, 3.05) is 7.05 Å². The molecule has 0 saturated carbocycles. The average molecular weight is 308 g/mol. The second-order valence-electron chi connectivity index (χ2n) is 4.06. The highest BCUT2D eigenvalue weighted by molar-refractivity contribution is 7.99. The highest BCUT2D eigenvalue weighted by atomic mass is 32.2. The molecule has 0 aliphatic heterocycles. The Balaban J connectivity index is 2.40. The van der Waals surface area contributed by atoms with E-state index in [-0.39, 0.29) is 0 Å². The molecular weight excluding hydrogens is 294 g/mol. The second kappa shape index (κ2) is 6.53. The first-order valence-electron chi connectivity index (χ1n) is 6.04. The van der Waals surface area contributed by atoms with Gasteiger partial charge in [-0.3, -0.25) is 0 Å². The first-order chi connectivity index (χ1) is 10.0. The third kappa shape index (κ3) is 3.49. The quantitative estimate of drug-likeness (QED) is 0.651. The van der Waals surface area contributed by atoms with Crippen LogP contribution in [0.5, 0.6) is 0 Å². The average Bonchev–Trinajstić information content (AvgIpc) is 2.90. The SMILES string of the molecule is C=Nc1cc(-c2cccc(SC(F)F)c2)nn1C(=C)NC. The number of hydrogen-bond donors (Lipinski definition) is 1. The first kappa shape index (κ1) is 15.2. The van der Waals surface area contributed by atoms with E-state index in [1.165, 1.54) is 4.68 Å². The number of aromatic nitrogens is 2. The number of nitrogens with one attached hydrogen (secondary N) is 1. The molecule has 0 fully saturated rings. The van der Waals surface area contributed by atoms with E-state index < -0.39 is 5.76 Å². The van der Waals surface area contributed by atoms with E-state index in [4.69, 9.17) is 0 Å². The molecular formula is C14H14F2N4S. The van der Waals surface area contributed by atoms with E-state index >= 15 is 0 Å². The summed E-state index contributed by atoms with van der Waals surface area (Å²) >= 11 is 0.501. The minimum absolute atomic E-state index is 0.484. The van der Waals surface area contributed by atoms with E-state index in [1.54, 1.807) is 37.4 Å². The Labute approximate surface area is 125 Å². The summed E-state index contributed by atoms with van der Waals surface area (Å²) in [4.78, 5) is 4.36. The van der Waals surface area contributed by atoms with Gasteiger partial charge < -0.3 is 5.32 Å². The van der Waals surface area contributed by atoms with Crippen LogP contribution >= 0.6 is 11.8 Å². The van der Waals surface area contributed by atoms with Crippen molar-refractivity contribution in [3.63, 3.8) is 0 Å². The van der Waals surface area contributed by atoms with Gasteiger partial charge in [0.15, 0.2) is 5.82 Å². The molecule has 0 aliphatic carbocycles. The van der Waals surface area contributed by atoms with E-state index in [1.807, 2.05) is 0 Å². The zero-order valence-electron chi connectivity index (χ0n) is 11.4. The Hall–Kier alpha value is -2.15. The zero-order valence-corrected chi connectivity index (χ0v) is 12.2. The molecule has 0 aliphatic rings. The number of nitrogens with zero attached hydrogens (tertiary/aromatic N) is 3. The van der Waals surface area contributed by atoms with Crippen LogP contribution in [0.3, 0.4) is 0 Å². The van der Waals surface area contributed by atoms with Gasteiger partial charge in [-0.1, -0.05) is 30.5 Å². The van der Waals surface area contributed by atoms with Crippen LogP contribution in [0.15, 0.2) is 46.8 Å². The van der Waals surface area contributed by atoms with Gasteiger partial charge in [0.05, 0.1) is 5.69 Å². The molecule has 0 saturated heterocycles. The Kier molecular flexibility index (Phi) is 4.74. The molecule has 21 heavy (non-hydrogen) atoms. The van der Waals surface area contributed by atoms with Crippen molar-refractivity contribution in [3.8, 4) is 11.3 Å². The monoisotopic (exact) mass is 308 g/mol. The summed E-state index contributed by atoms with van der Waals surface area (Å²) in [6.07, 6.45) is 0. The van der Waals surface area contributed by atoms with E-state index in [9.17, 15) is 8.78 Å². The molecule has 1 heterocycles. The third-order valence-corrected chi connectivity index (χ3v) is 3.46. The summed E-state index contributed by atoms with van der Waals surface area (Å²) in [5, 5.41) is 7.24. The lowest BCUT2D eigenvalue weighted by atomic mass is 10.1. The van der Waals surface area contributed by atoms with Crippen molar-refractivity contribution in [1.29, 1.82) is 0 Å². The fourth-order valence-electron chi connectivity index (χ4n) is 1.76. The maximum Gasteiger partial charge on any atom is 0.288 e. The number of alkyl halides is 2. The number of benzene rings is 1. The molecule has 0 radical (unpaired) electrons. The van der Waals surface area contributed by atoms with Gasteiger partial charge in [0.2, 0.25) is 0 Å². The van der Waals surface area contributed by atoms with Crippen LogP contribution < -0.4 is 5.32 Å². The van der Waals surface area contributed by atoms with Crippen LogP contribution in [0, 0.1) is 0 Å². The molecule has 0 bridgehead atoms. The van der Waals surface area contributed by atoms with Gasteiger partial charge in [-0.2, -0.15) is 18.6 Å². The van der Waals surface area contributed by atoms with Crippen LogP contribution in [-0.4, -0.2) is 29.3 Å². The van der Waals surface area contributed by atoms with Crippen molar-refractivity contribution < 1.29 is 8.78 Å². The normalized spacial score (nSPS) is 10.7. The lowest BCUT2D eigenvalue weighted by Gasteiger charge is -2.05. The summed E-state index contributed by atoms with van der Waals surface area (Å²) in [7, 11) is 1.72. The van der Waals surface area contributed by atoms with Crippen LogP contribution in [0.4, 0.5) is 14.6 Å². The standard InChI is InChI=1S/C14H14F2N4S/c1-9(17-2)20-13(18-3)8-12(19-20)10-5-4-6-11(7-10)21-14(15)16/h4-8,14,17H,1,3H2,2H3. The number of hydrogen-bond acceptors (Lipinski definition) is 4. The maximum atomic E-state index is 12.4. The highest BCUT2D eigenvalue weighted by Gasteiger charge is 2.12. The van der Waals surface area contributed by atoms with Crippen LogP contribution in [0.25, 0.3) is 17.1 Å². The summed E-state index contributed by atoms with van der Waals surface area (Å²) in [5.41, 5.74) is 1.35. The van der Waals surface area contributed by atoms with Crippen molar-refractivity contribution in [2.24, 2.45) is 4.99 Å². The molecule has 0 amide bonds. The van der Waals surface area contributed by atoms with Gasteiger partial charge in [0.1, 0.15) is 5.82 Å². The summed E-state index contributed by atoms with van der Waals surface area (Å²) in [5.74, 6) is -1.38. The number of thioether (sulfide) groups is 1. The zero-order chi connectivity index (χ0) is 15.4. The molecule has 2 aromatic rings. The molecule has 1 N–H and O–H groups in total. The summed E-state index contributed by atoms with van der Waals surface area (Å²) < 4.78 is 26.4. The van der Waals surface area contributed by atoms with Gasteiger partial charge >= 0.3 is 0 Å². The minimum atomic E-state index is -2.45. The number of aliphatic imine (C=N–C) groups is 1. The molecule has 4 nitrogen and oxygen atoms in total. The van der Waals surface area contributed by atoms with E-state index in [0.717, 1.165) is 5.56 Å². The fourth-order valence-corrected chi connectivity index (χ4v) is 2.32. The Morgan fingerprint density at radius 1 is 1.43 bits per heavy atom. The number of halogens is 2. The molecule has 1 aromatic heterocycles. The topological polar surface area (TPSA) is 42.2 Å². The molecule has 7 heteroatoms. The fraction of sp³-hybridized carbons (Fsp3) is 0.143. The van der Waals surface area contributed by atoms with Gasteiger partial charge in [0.25, 0.3) is 5.76 Å². The van der Waals surface area contributed by atoms with Crippen LogP contribution in [-0.2, 0) is 0 Å². The van der Waals surface area contributed by atoms with Crippen LogP contribution in [0.2, 0.25) is 0 Å². The van der Waals surface area contributed by atoms with E-state index in [0.29, 0.717) is 34.0 Å². The van der Waals surface area contributed by atoms with Crippen molar-refractivity contribution >= 4 is 30.1 Å². The van der Waals surface area contributed by atoms with Gasteiger partial charge in [0, 0.05) is 23.6 Å². The van der Waals surface area contributed by atoms with Gasteiger partial charge in [-0.25, -0.2) is 4.99 Å². The summed E-state index contributed by atoms with van der Waals surface area (Å²) in [6, 6.07) is 8.54. The Morgan fingerprint density at radius 2 is 2.19 bits per heavy atom. The predicted molar refractivity (Wildman–Crippen MR) is 83.1 cm³/mol. The molecule has 110 valence electrons. The lowest BCUT2D eigenvalue weighted by molar-refractivity contribution is 0.252. The largest absolute Gasteiger partial charge is 0.374 e. The first-order valence-corrected chi connectivity index (χ1v) is 6.92. The third-order valence-electron chi connectivity index (χ3n) is 2.75. The Bertz CT molecular complexity index is 667. The molecule has 0 unspecified atom stereocenters. The Morgan fingerprint density at radius 3 is 2.81 bits per heavy atom. The number of rotatable bonds is 6. The second-order valence-corrected chi connectivity index (χ2v) is 5.12. The smallest absolute Gasteiger partial charge is 0.288 e. The van der Waals surface area contributed by atoms with Crippen LogP contribution in [0.1, 0.15) is 0 Å². The molecule has 0 atom stereocenters. The van der Waals surface area contributed by atoms with Crippen molar-refractivity contribution in [1.82, 2.24) is 15.1 Å².